The van der Waals surface area contributed by atoms with E-state index in [0.29, 0.717) is 0 Å². The van der Waals surface area contributed by atoms with E-state index in [1.54, 1.807) is 6.92 Å². The fourth-order valence-corrected chi connectivity index (χ4v) is 3.58. The van der Waals surface area contributed by atoms with Crippen molar-refractivity contribution in [3.63, 3.8) is 0 Å². The summed E-state index contributed by atoms with van der Waals surface area (Å²) >= 11 is 0. The lowest BCUT2D eigenvalue weighted by Gasteiger charge is -2.18. The Morgan fingerprint density at radius 3 is 2.16 bits per heavy atom. The van der Waals surface area contributed by atoms with Gasteiger partial charge in [0.2, 0.25) is 5.91 Å². The van der Waals surface area contributed by atoms with Crippen LogP contribution in [-0.2, 0) is 14.3 Å². The van der Waals surface area contributed by atoms with Crippen LogP contribution in [-0.4, -0.2) is 41.8 Å². The van der Waals surface area contributed by atoms with E-state index in [1.165, 1.54) is 6.92 Å². The SMILES string of the molecule is CC#CCC(NC(=O)C(C)NC(=O)OCC1c2ccccc2-c2ccccc21)C(=O)O. The zero-order chi connectivity index (χ0) is 22.4. The molecule has 3 rings (SSSR count). The van der Waals surface area contributed by atoms with E-state index in [2.05, 4.69) is 22.5 Å². The summed E-state index contributed by atoms with van der Waals surface area (Å²) < 4.78 is 5.41. The number of benzene rings is 2. The van der Waals surface area contributed by atoms with Gasteiger partial charge < -0.3 is 20.5 Å². The van der Waals surface area contributed by atoms with Gasteiger partial charge in [0.25, 0.3) is 0 Å². The van der Waals surface area contributed by atoms with E-state index in [9.17, 15) is 19.5 Å². The van der Waals surface area contributed by atoms with Crippen LogP contribution in [0.2, 0.25) is 0 Å². The number of nitrogens with one attached hydrogen (secondary N) is 2. The van der Waals surface area contributed by atoms with Crippen LogP contribution in [0.3, 0.4) is 0 Å². The van der Waals surface area contributed by atoms with Crippen LogP contribution in [0.25, 0.3) is 11.1 Å². The standard InChI is InChI=1S/C24H24N2O5/c1-3-4-13-21(23(28)29)26-22(27)15(2)25-24(30)31-14-20-18-11-7-5-9-16(18)17-10-6-8-12-19(17)20/h5-12,15,20-21H,13-14H2,1-2H3,(H,25,30)(H,26,27)(H,28,29). The van der Waals surface area contributed by atoms with Crippen LogP contribution in [0.15, 0.2) is 48.5 Å². The van der Waals surface area contributed by atoms with E-state index < -0.39 is 30.1 Å². The number of carbonyl (C=O) groups is 3. The molecule has 2 unspecified atom stereocenters. The lowest BCUT2D eigenvalue weighted by atomic mass is 9.98. The van der Waals surface area contributed by atoms with E-state index >= 15 is 0 Å². The number of hydrogen-bond acceptors (Lipinski definition) is 4. The van der Waals surface area contributed by atoms with Gasteiger partial charge in [-0.25, -0.2) is 9.59 Å². The normalized spacial score (nSPS) is 13.6. The maximum Gasteiger partial charge on any atom is 0.407 e. The number of alkyl carbamates (subject to hydrolysis) is 1. The lowest BCUT2D eigenvalue weighted by Crippen LogP contribution is -2.50. The monoisotopic (exact) mass is 420 g/mol. The molecule has 2 aromatic carbocycles. The van der Waals surface area contributed by atoms with Crippen molar-refractivity contribution in [3.05, 3.63) is 59.7 Å². The first-order valence-corrected chi connectivity index (χ1v) is 9.96. The van der Waals surface area contributed by atoms with Gasteiger partial charge in [-0.15, -0.1) is 11.8 Å². The van der Waals surface area contributed by atoms with Gasteiger partial charge in [0.1, 0.15) is 18.7 Å². The van der Waals surface area contributed by atoms with Gasteiger partial charge in [0.05, 0.1) is 0 Å². The third kappa shape index (κ3) is 5.04. The maximum absolute atomic E-state index is 12.3. The first-order chi connectivity index (χ1) is 14.9. The molecule has 2 aromatic rings. The van der Waals surface area contributed by atoms with Crippen molar-refractivity contribution < 1.29 is 24.2 Å². The summed E-state index contributed by atoms with van der Waals surface area (Å²) in [5.74, 6) is 3.31. The molecule has 0 bridgehead atoms. The summed E-state index contributed by atoms with van der Waals surface area (Å²) in [4.78, 5) is 35.8. The molecule has 2 atom stereocenters. The molecule has 0 aliphatic heterocycles. The highest BCUT2D eigenvalue weighted by atomic mass is 16.5. The summed E-state index contributed by atoms with van der Waals surface area (Å²) in [6.07, 6.45) is -0.764. The molecule has 160 valence electrons. The van der Waals surface area contributed by atoms with Gasteiger partial charge in [-0.1, -0.05) is 48.5 Å². The summed E-state index contributed by atoms with van der Waals surface area (Å²) in [5, 5.41) is 14.0. The van der Waals surface area contributed by atoms with Crippen LogP contribution in [0.4, 0.5) is 4.79 Å². The molecule has 0 spiro atoms. The summed E-state index contributed by atoms with van der Waals surface area (Å²) in [6, 6.07) is 13.9. The molecule has 1 aliphatic carbocycles. The number of carboxylic acids is 1. The van der Waals surface area contributed by atoms with Crippen LogP contribution in [0.1, 0.15) is 37.3 Å². The van der Waals surface area contributed by atoms with E-state index in [1.807, 2.05) is 48.5 Å². The zero-order valence-corrected chi connectivity index (χ0v) is 17.3. The zero-order valence-electron chi connectivity index (χ0n) is 17.3. The Bertz CT molecular complexity index is 1010. The summed E-state index contributed by atoms with van der Waals surface area (Å²) in [6.45, 7) is 3.17. The number of amides is 2. The molecular weight excluding hydrogens is 396 g/mol. The Labute approximate surface area is 180 Å². The molecule has 0 radical (unpaired) electrons. The lowest BCUT2D eigenvalue weighted by molar-refractivity contribution is -0.141. The Morgan fingerprint density at radius 2 is 1.61 bits per heavy atom. The molecule has 7 nitrogen and oxygen atoms in total. The van der Waals surface area contributed by atoms with Crippen molar-refractivity contribution in [2.24, 2.45) is 0 Å². The van der Waals surface area contributed by atoms with Gasteiger partial charge in [-0.3, -0.25) is 4.79 Å². The molecule has 1 aliphatic rings. The molecule has 0 heterocycles. The Balaban J connectivity index is 1.58. The Morgan fingerprint density at radius 1 is 1.03 bits per heavy atom. The molecule has 2 amide bonds. The second kappa shape index (κ2) is 9.81. The van der Waals surface area contributed by atoms with Crippen molar-refractivity contribution in [3.8, 4) is 23.0 Å². The Kier molecular flexibility index (Phi) is 6.93. The van der Waals surface area contributed by atoms with Gasteiger partial charge in [0.15, 0.2) is 0 Å². The summed E-state index contributed by atoms with van der Waals surface area (Å²) in [7, 11) is 0. The van der Waals surface area contributed by atoms with Gasteiger partial charge >= 0.3 is 12.1 Å². The molecule has 0 saturated carbocycles. The van der Waals surface area contributed by atoms with Crippen molar-refractivity contribution in [1.29, 1.82) is 0 Å². The molecule has 0 saturated heterocycles. The average Bonchev–Trinajstić information content (AvgIpc) is 3.08. The quantitative estimate of drug-likeness (QED) is 0.598. The minimum atomic E-state index is -1.19. The van der Waals surface area contributed by atoms with Crippen molar-refractivity contribution >= 4 is 18.0 Å². The van der Waals surface area contributed by atoms with Crippen LogP contribution >= 0.6 is 0 Å². The molecule has 7 heteroatoms. The predicted octanol–water partition coefficient (Wildman–Crippen LogP) is 2.90. The second-order valence-electron chi connectivity index (χ2n) is 7.22. The molecule has 3 N–H and O–H groups in total. The summed E-state index contributed by atoms with van der Waals surface area (Å²) in [5.41, 5.74) is 4.41. The predicted molar refractivity (Wildman–Crippen MR) is 115 cm³/mol. The molecule has 0 fully saturated rings. The number of hydrogen-bond donors (Lipinski definition) is 3. The van der Waals surface area contributed by atoms with E-state index in [-0.39, 0.29) is 18.9 Å². The topological polar surface area (TPSA) is 105 Å². The molecule has 0 aromatic heterocycles. The highest BCUT2D eigenvalue weighted by molar-refractivity contribution is 5.89. The average molecular weight is 420 g/mol. The van der Waals surface area contributed by atoms with Gasteiger partial charge in [0, 0.05) is 12.3 Å². The number of carboxylic acid groups (broad SMARTS) is 1. The minimum Gasteiger partial charge on any atom is -0.480 e. The minimum absolute atomic E-state index is 0.0186. The number of carbonyl (C=O) groups excluding carboxylic acids is 2. The highest BCUT2D eigenvalue weighted by Crippen LogP contribution is 2.44. The number of fused-ring (bicyclic) bond motifs is 3. The first-order valence-electron chi connectivity index (χ1n) is 9.96. The molecule has 31 heavy (non-hydrogen) atoms. The largest absolute Gasteiger partial charge is 0.480 e. The van der Waals surface area contributed by atoms with Gasteiger partial charge in [-0.2, -0.15) is 0 Å². The fraction of sp³-hybridized carbons (Fsp3) is 0.292. The van der Waals surface area contributed by atoms with Crippen LogP contribution in [0.5, 0.6) is 0 Å². The third-order valence-corrected chi connectivity index (χ3v) is 5.17. The van der Waals surface area contributed by atoms with Crippen LogP contribution < -0.4 is 10.6 Å². The highest BCUT2D eigenvalue weighted by Gasteiger charge is 2.29. The number of aliphatic carboxylic acids is 1. The van der Waals surface area contributed by atoms with E-state index in [4.69, 9.17) is 4.74 Å². The number of rotatable bonds is 7. The van der Waals surface area contributed by atoms with Crippen molar-refractivity contribution in [2.75, 3.05) is 6.61 Å². The van der Waals surface area contributed by atoms with Crippen LogP contribution in [0, 0.1) is 11.8 Å². The van der Waals surface area contributed by atoms with Gasteiger partial charge in [-0.05, 0) is 36.1 Å². The fourth-order valence-electron chi connectivity index (χ4n) is 3.58. The maximum atomic E-state index is 12.3. The smallest absolute Gasteiger partial charge is 0.407 e. The van der Waals surface area contributed by atoms with Crippen molar-refractivity contribution in [2.45, 2.75) is 38.3 Å². The Hall–Kier alpha value is -3.79. The molecular formula is C24H24N2O5. The first kappa shape index (κ1) is 21.9. The number of ether oxygens (including phenoxy) is 1. The van der Waals surface area contributed by atoms with E-state index in [0.717, 1.165) is 22.3 Å². The second-order valence-corrected chi connectivity index (χ2v) is 7.22. The third-order valence-electron chi connectivity index (χ3n) is 5.17. The van der Waals surface area contributed by atoms with Crippen molar-refractivity contribution in [1.82, 2.24) is 10.6 Å².